The lowest BCUT2D eigenvalue weighted by Gasteiger charge is -2.39. The summed E-state index contributed by atoms with van der Waals surface area (Å²) in [6, 6.07) is 10.3. The zero-order valence-corrected chi connectivity index (χ0v) is 16.5. The van der Waals surface area contributed by atoms with E-state index in [9.17, 15) is 9.59 Å². The molecule has 2 amide bonds. The fourth-order valence-corrected chi connectivity index (χ4v) is 3.15. The van der Waals surface area contributed by atoms with Crippen molar-refractivity contribution in [3.63, 3.8) is 0 Å². The summed E-state index contributed by atoms with van der Waals surface area (Å²) < 4.78 is 6.67. The minimum absolute atomic E-state index is 0.0800. The van der Waals surface area contributed by atoms with Gasteiger partial charge in [0.25, 0.3) is 5.91 Å². The van der Waals surface area contributed by atoms with Gasteiger partial charge in [-0.25, -0.2) is 4.68 Å². The summed E-state index contributed by atoms with van der Waals surface area (Å²) in [7, 11) is 3.31. The second kappa shape index (κ2) is 9.45. The molecule has 3 rings (SSSR count). The first-order valence-corrected chi connectivity index (χ1v) is 9.56. The summed E-state index contributed by atoms with van der Waals surface area (Å²) in [6.45, 7) is 2.19. The van der Waals surface area contributed by atoms with Crippen LogP contribution in [0, 0.1) is 0 Å². The lowest BCUT2D eigenvalue weighted by molar-refractivity contribution is -0.137. The number of amides is 2. The van der Waals surface area contributed by atoms with Crippen molar-refractivity contribution >= 4 is 11.8 Å². The number of hydrogen-bond acceptors (Lipinski definition) is 5. The lowest BCUT2D eigenvalue weighted by Crippen LogP contribution is -2.50. The predicted molar refractivity (Wildman–Crippen MR) is 104 cm³/mol. The largest absolute Gasteiger partial charge is 0.383 e. The molecule has 1 aliphatic heterocycles. The molecule has 0 bridgehead atoms. The molecule has 2 heterocycles. The first-order chi connectivity index (χ1) is 13.6. The van der Waals surface area contributed by atoms with E-state index < -0.39 is 0 Å². The van der Waals surface area contributed by atoms with E-state index in [0.29, 0.717) is 38.4 Å². The first kappa shape index (κ1) is 20.0. The molecular formula is C20H27N5O3. The molecular weight excluding hydrogens is 358 g/mol. The van der Waals surface area contributed by atoms with E-state index in [0.717, 1.165) is 12.8 Å². The van der Waals surface area contributed by atoms with Crippen molar-refractivity contribution in [2.24, 2.45) is 0 Å². The van der Waals surface area contributed by atoms with Crippen molar-refractivity contribution in [3.05, 3.63) is 47.8 Å². The molecule has 28 heavy (non-hydrogen) atoms. The summed E-state index contributed by atoms with van der Waals surface area (Å²) in [6.07, 6.45) is 3.97. The third-order valence-corrected chi connectivity index (χ3v) is 4.99. The Balaban J connectivity index is 1.41. The van der Waals surface area contributed by atoms with Gasteiger partial charge in [-0.15, -0.1) is 5.10 Å². The number of methoxy groups -OCH3 is 1. The van der Waals surface area contributed by atoms with E-state index in [4.69, 9.17) is 4.74 Å². The van der Waals surface area contributed by atoms with E-state index in [1.165, 1.54) is 5.56 Å². The molecule has 0 saturated carbocycles. The minimum Gasteiger partial charge on any atom is -0.383 e. The van der Waals surface area contributed by atoms with Crippen LogP contribution in [0.5, 0.6) is 0 Å². The monoisotopic (exact) mass is 385 g/mol. The van der Waals surface area contributed by atoms with E-state index in [2.05, 4.69) is 22.4 Å². The van der Waals surface area contributed by atoms with Crippen molar-refractivity contribution in [2.45, 2.75) is 25.3 Å². The Labute approximate surface area is 165 Å². The number of hydrogen-bond donors (Lipinski definition) is 0. The van der Waals surface area contributed by atoms with Crippen molar-refractivity contribution < 1.29 is 14.3 Å². The van der Waals surface area contributed by atoms with Crippen LogP contribution in [-0.4, -0.2) is 77.0 Å². The number of carbonyl (C=O) groups is 2. The Bertz CT molecular complexity index is 786. The molecule has 1 saturated heterocycles. The van der Waals surface area contributed by atoms with Crippen LogP contribution in [0.15, 0.2) is 36.5 Å². The van der Waals surface area contributed by atoms with E-state index in [1.54, 1.807) is 29.9 Å². The third kappa shape index (κ3) is 4.95. The van der Waals surface area contributed by atoms with Crippen LogP contribution in [-0.2, 0) is 16.0 Å². The van der Waals surface area contributed by atoms with Crippen molar-refractivity contribution in [1.82, 2.24) is 24.8 Å². The molecule has 1 aromatic heterocycles. The van der Waals surface area contributed by atoms with Gasteiger partial charge in [0.2, 0.25) is 5.91 Å². The van der Waals surface area contributed by atoms with Gasteiger partial charge in [0.1, 0.15) is 0 Å². The van der Waals surface area contributed by atoms with Crippen molar-refractivity contribution in [3.8, 4) is 0 Å². The van der Waals surface area contributed by atoms with Crippen molar-refractivity contribution in [1.29, 1.82) is 0 Å². The number of nitrogens with zero attached hydrogens (tertiary/aromatic N) is 5. The van der Waals surface area contributed by atoms with Gasteiger partial charge in [0, 0.05) is 40.2 Å². The number of likely N-dealkylation sites (tertiary alicyclic amines) is 1. The number of benzene rings is 1. The molecule has 150 valence electrons. The summed E-state index contributed by atoms with van der Waals surface area (Å²) in [5, 5.41) is 8.05. The predicted octanol–water partition coefficient (Wildman–Crippen LogP) is 1.40. The molecule has 2 aromatic rings. The SMILES string of the molecule is COCCN(C)C(=O)c1cn(C2CN(C(=O)CCCc3ccccc3)C2)nn1. The highest BCUT2D eigenvalue weighted by Gasteiger charge is 2.32. The highest BCUT2D eigenvalue weighted by Crippen LogP contribution is 2.22. The number of aromatic nitrogens is 3. The topological polar surface area (TPSA) is 80.6 Å². The maximum atomic E-state index is 12.3. The fraction of sp³-hybridized carbons (Fsp3) is 0.500. The van der Waals surface area contributed by atoms with Crippen LogP contribution < -0.4 is 0 Å². The number of aryl methyl sites for hydroxylation is 1. The van der Waals surface area contributed by atoms with Crippen LogP contribution in [0.1, 0.15) is 34.9 Å². The van der Waals surface area contributed by atoms with Crippen LogP contribution in [0.3, 0.4) is 0 Å². The van der Waals surface area contributed by atoms with Gasteiger partial charge >= 0.3 is 0 Å². The number of rotatable bonds is 9. The Hall–Kier alpha value is -2.74. The quantitative estimate of drug-likeness (QED) is 0.652. The fourth-order valence-electron chi connectivity index (χ4n) is 3.15. The summed E-state index contributed by atoms with van der Waals surface area (Å²) in [4.78, 5) is 28.0. The molecule has 8 heteroatoms. The highest BCUT2D eigenvalue weighted by atomic mass is 16.5. The zero-order chi connectivity index (χ0) is 19.9. The second-order valence-corrected chi connectivity index (χ2v) is 7.09. The number of carbonyl (C=O) groups excluding carboxylic acids is 2. The van der Waals surface area contributed by atoms with Crippen LogP contribution in [0.2, 0.25) is 0 Å². The van der Waals surface area contributed by atoms with Gasteiger partial charge in [0.05, 0.1) is 18.8 Å². The maximum absolute atomic E-state index is 12.3. The number of ether oxygens (including phenoxy) is 1. The average Bonchev–Trinajstić information content (AvgIpc) is 3.14. The van der Waals surface area contributed by atoms with Crippen LogP contribution in [0.4, 0.5) is 0 Å². The molecule has 1 aliphatic rings. The molecule has 0 radical (unpaired) electrons. The van der Waals surface area contributed by atoms with Gasteiger partial charge in [-0.2, -0.15) is 0 Å². The Morgan fingerprint density at radius 2 is 2.00 bits per heavy atom. The zero-order valence-electron chi connectivity index (χ0n) is 16.5. The van der Waals surface area contributed by atoms with Gasteiger partial charge < -0.3 is 14.5 Å². The van der Waals surface area contributed by atoms with Gasteiger partial charge in [-0.05, 0) is 18.4 Å². The summed E-state index contributed by atoms with van der Waals surface area (Å²) >= 11 is 0. The van der Waals surface area contributed by atoms with E-state index >= 15 is 0 Å². The number of likely N-dealkylation sites (N-methyl/N-ethyl adjacent to an activating group) is 1. The Morgan fingerprint density at radius 3 is 2.71 bits per heavy atom. The van der Waals surface area contributed by atoms with E-state index in [1.807, 2.05) is 23.1 Å². The molecule has 0 atom stereocenters. The molecule has 0 aliphatic carbocycles. The Morgan fingerprint density at radius 1 is 1.25 bits per heavy atom. The van der Waals surface area contributed by atoms with Crippen LogP contribution >= 0.6 is 0 Å². The molecule has 1 fully saturated rings. The molecule has 0 unspecified atom stereocenters. The maximum Gasteiger partial charge on any atom is 0.275 e. The van der Waals surface area contributed by atoms with Crippen LogP contribution in [0.25, 0.3) is 0 Å². The molecule has 0 spiro atoms. The van der Waals surface area contributed by atoms with E-state index in [-0.39, 0.29) is 17.9 Å². The smallest absolute Gasteiger partial charge is 0.275 e. The van der Waals surface area contributed by atoms with Gasteiger partial charge in [-0.3, -0.25) is 9.59 Å². The highest BCUT2D eigenvalue weighted by molar-refractivity contribution is 5.91. The third-order valence-electron chi connectivity index (χ3n) is 4.99. The Kier molecular flexibility index (Phi) is 6.76. The normalized spacial score (nSPS) is 14.0. The second-order valence-electron chi connectivity index (χ2n) is 7.09. The minimum atomic E-state index is -0.184. The summed E-state index contributed by atoms with van der Waals surface area (Å²) in [5.74, 6) is -0.0145. The molecule has 8 nitrogen and oxygen atoms in total. The molecule has 0 N–H and O–H groups in total. The summed E-state index contributed by atoms with van der Waals surface area (Å²) in [5.41, 5.74) is 1.57. The average molecular weight is 385 g/mol. The first-order valence-electron chi connectivity index (χ1n) is 9.56. The lowest BCUT2D eigenvalue weighted by atomic mass is 10.1. The molecule has 1 aromatic carbocycles. The van der Waals surface area contributed by atoms with Gasteiger partial charge in [-0.1, -0.05) is 35.5 Å². The van der Waals surface area contributed by atoms with Crippen molar-refractivity contribution in [2.75, 3.05) is 40.4 Å². The standard InChI is InChI=1S/C20H27N5O3/c1-23(11-12-28-2)20(27)18-15-25(22-21-18)17-13-24(14-17)19(26)10-6-9-16-7-4-3-5-8-16/h3-5,7-8,15,17H,6,9-14H2,1-2H3. The van der Waals surface area contributed by atoms with Gasteiger partial charge in [0.15, 0.2) is 5.69 Å².